The molecule has 0 aromatic carbocycles. The lowest BCUT2D eigenvalue weighted by molar-refractivity contribution is 0.0701. The van der Waals surface area contributed by atoms with Crippen LogP contribution in [-0.2, 0) is 0 Å². The van der Waals surface area contributed by atoms with Crippen LogP contribution < -0.4 is 0 Å². The molecule has 0 radical (unpaired) electrons. The molecule has 8 heteroatoms. The fourth-order valence-electron chi connectivity index (χ4n) is 1.84. The molecule has 6 nitrogen and oxygen atoms in total. The second-order valence-corrected chi connectivity index (χ2v) is 6.32. The van der Waals surface area contributed by atoms with Crippen LogP contribution in [0.5, 0.6) is 0 Å². The van der Waals surface area contributed by atoms with E-state index in [0.29, 0.717) is 20.6 Å². The van der Waals surface area contributed by atoms with E-state index >= 15 is 0 Å². The van der Waals surface area contributed by atoms with Crippen LogP contribution in [0.4, 0.5) is 0 Å². The van der Waals surface area contributed by atoms with Crippen molar-refractivity contribution in [2.45, 2.75) is 24.0 Å². The van der Waals surface area contributed by atoms with Gasteiger partial charge in [0.1, 0.15) is 21.1 Å². The fourth-order valence-corrected chi connectivity index (χ4v) is 3.73. The molecule has 0 bridgehead atoms. The molecule has 0 aliphatic carbocycles. The maximum atomic E-state index is 11.2. The molecular weight excluding hydrogens is 308 g/mol. The van der Waals surface area contributed by atoms with Gasteiger partial charge in [0.15, 0.2) is 5.16 Å². The number of aromatic carboxylic acids is 1. The molecule has 0 unspecified atom stereocenters. The number of carboxylic acids is 1. The third kappa shape index (κ3) is 2.59. The van der Waals surface area contributed by atoms with Gasteiger partial charge in [0, 0.05) is 17.8 Å². The van der Waals surface area contributed by atoms with Crippen LogP contribution in [0.3, 0.4) is 0 Å². The summed E-state index contributed by atoms with van der Waals surface area (Å²) < 4.78 is 0. The lowest BCUT2D eigenvalue weighted by Crippen LogP contribution is -1.94. The Labute approximate surface area is 128 Å². The molecule has 0 spiro atoms. The van der Waals surface area contributed by atoms with Crippen LogP contribution in [-0.4, -0.2) is 31.0 Å². The van der Waals surface area contributed by atoms with Crippen LogP contribution in [0.2, 0.25) is 0 Å². The molecule has 0 aliphatic heterocycles. The first kappa shape index (κ1) is 13.9. The highest BCUT2D eigenvalue weighted by molar-refractivity contribution is 7.99. The summed E-state index contributed by atoms with van der Waals surface area (Å²) in [6, 6.07) is 0. The molecule has 0 saturated carbocycles. The number of aromatic nitrogens is 4. The number of nitrogens with zero attached hydrogens (tertiary/aromatic N) is 4. The zero-order valence-electron chi connectivity index (χ0n) is 11.2. The molecule has 3 rings (SSSR count). The first-order chi connectivity index (χ1) is 10.1. The smallest absolute Gasteiger partial charge is 0.346 e. The SMILES string of the molecule is Cc1cnc(Sc2ncnc3sc(C(=O)O)c(C)c23)nc1. The molecule has 3 aromatic heterocycles. The van der Waals surface area contributed by atoms with Gasteiger partial charge in [-0.1, -0.05) is 0 Å². The molecule has 0 atom stereocenters. The lowest BCUT2D eigenvalue weighted by Gasteiger charge is -2.02. The summed E-state index contributed by atoms with van der Waals surface area (Å²) in [5.41, 5.74) is 1.66. The predicted octanol–water partition coefficient (Wildman–Crippen LogP) is 2.95. The zero-order chi connectivity index (χ0) is 15.0. The summed E-state index contributed by atoms with van der Waals surface area (Å²) in [6.07, 6.45) is 4.90. The van der Waals surface area contributed by atoms with E-state index in [0.717, 1.165) is 22.3 Å². The van der Waals surface area contributed by atoms with E-state index in [1.54, 1.807) is 19.3 Å². The molecule has 0 amide bonds. The average molecular weight is 318 g/mol. The summed E-state index contributed by atoms with van der Waals surface area (Å²) in [7, 11) is 0. The van der Waals surface area contributed by atoms with Crippen LogP contribution >= 0.6 is 23.1 Å². The van der Waals surface area contributed by atoms with Gasteiger partial charge in [-0.15, -0.1) is 11.3 Å². The third-order valence-electron chi connectivity index (χ3n) is 2.83. The minimum absolute atomic E-state index is 0.289. The highest BCUT2D eigenvalue weighted by Gasteiger charge is 2.19. The van der Waals surface area contributed by atoms with Gasteiger partial charge in [0.05, 0.1) is 0 Å². The Morgan fingerprint density at radius 2 is 1.90 bits per heavy atom. The van der Waals surface area contributed by atoms with Crippen molar-refractivity contribution in [1.29, 1.82) is 0 Å². The van der Waals surface area contributed by atoms with Gasteiger partial charge < -0.3 is 5.11 Å². The zero-order valence-corrected chi connectivity index (χ0v) is 12.8. The number of carbonyl (C=O) groups is 1. The molecule has 0 fully saturated rings. The van der Waals surface area contributed by atoms with Crippen molar-refractivity contribution in [3.8, 4) is 0 Å². The normalized spacial score (nSPS) is 11.0. The molecule has 21 heavy (non-hydrogen) atoms. The number of aryl methyl sites for hydroxylation is 2. The first-order valence-corrected chi connectivity index (χ1v) is 7.63. The van der Waals surface area contributed by atoms with Crippen molar-refractivity contribution in [3.05, 3.63) is 34.7 Å². The van der Waals surface area contributed by atoms with E-state index < -0.39 is 5.97 Å². The van der Waals surface area contributed by atoms with Crippen molar-refractivity contribution in [1.82, 2.24) is 19.9 Å². The van der Waals surface area contributed by atoms with Crippen molar-refractivity contribution in [3.63, 3.8) is 0 Å². The molecule has 1 N–H and O–H groups in total. The molecule has 3 aromatic rings. The van der Waals surface area contributed by atoms with E-state index in [9.17, 15) is 9.90 Å². The van der Waals surface area contributed by atoms with Gasteiger partial charge in [0.25, 0.3) is 0 Å². The van der Waals surface area contributed by atoms with Gasteiger partial charge in [-0.05, 0) is 36.7 Å². The Kier molecular flexibility index (Phi) is 3.56. The Hall–Kier alpha value is -2.06. The van der Waals surface area contributed by atoms with E-state index in [1.165, 1.54) is 18.1 Å². The quantitative estimate of drug-likeness (QED) is 0.586. The van der Waals surface area contributed by atoms with Crippen LogP contribution in [0.1, 0.15) is 20.8 Å². The molecule has 106 valence electrons. The van der Waals surface area contributed by atoms with Gasteiger partial charge >= 0.3 is 5.97 Å². The van der Waals surface area contributed by atoms with Gasteiger partial charge in [-0.2, -0.15) is 0 Å². The minimum Gasteiger partial charge on any atom is -0.477 e. The van der Waals surface area contributed by atoms with Gasteiger partial charge in [-0.25, -0.2) is 24.7 Å². The first-order valence-electron chi connectivity index (χ1n) is 6.00. The Morgan fingerprint density at radius 3 is 2.57 bits per heavy atom. The Morgan fingerprint density at radius 1 is 1.19 bits per heavy atom. The third-order valence-corrected chi connectivity index (χ3v) is 4.92. The molecule has 0 saturated heterocycles. The highest BCUT2D eigenvalue weighted by Crippen LogP contribution is 2.36. The summed E-state index contributed by atoms with van der Waals surface area (Å²) in [4.78, 5) is 29.0. The van der Waals surface area contributed by atoms with Gasteiger partial charge in [0.2, 0.25) is 0 Å². The van der Waals surface area contributed by atoms with E-state index in [1.807, 2.05) is 6.92 Å². The van der Waals surface area contributed by atoms with Crippen molar-refractivity contribution in [2.24, 2.45) is 0 Å². The number of carboxylic acid groups (broad SMARTS) is 1. The standard InChI is InChI=1S/C13H10N4O2S2/c1-6-3-14-13(15-4-6)21-11-8-7(2)9(12(18)19)20-10(8)16-5-17-11/h3-5H,1-2H3,(H,18,19). The monoisotopic (exact) mass is 318 g/mol. The largest absolute Gasteiger partial charge is 0.477 e. The Balaban J connectivity index is 2.10. The summed E-state index contributed by atoms with van der Waals surface area (Å²) >= 11 is 2.46. The van der Waals surface area contributed by atoms with E-state index in [2.05, 4.69) is 19.9 Å². The number of fused-ring (bicyclic) bond motifs is 1. The highest BCUT2D eigenvalue weighted by atomic mass is 32.2. The fraction of sp³-hybridized carbons (Fsp3) is 0.154. The topological polar surface area (TPSA) is 88.9 Å². The summed E-state index contributed by atoms with van der Waals surface area (Å²) in [5, 5.41) is 11.2. The minimum atomic E-state index is -0.946. The van der Waals surface area contributed by atoms with Crippen LogP contribution in [0.15, 0.2) is 28.9 Å². The second-order valence-electron chi connectivity index (χ2n) is 4.37. The van der Waals surface area contributed by atoms with Crippen molar-refractivity contribution in [2.75, 3.05) is 0 Å². The number of hydrogen-bond acceptors (Lipinski definition) is 7. The second kappa shape index (κ2) is 5.38. The van der Waals surface area contributed by atoms with E-state index in [-0.39, 0.29) is 4.88 Å². The summed E-state index contributed by atoms with van der Waals surface area (Å²) in [5.74, 6) is -0.946. The maximum absolute atomic E-state index is 11.2. The average Bonchev–Trinajstić information content (AvgIpc) is 2.80. The number of thiophene rings is 1. The molecule has 3 heterocycles. The van der Waals surface area contributed by atoms with Gasteiger partial charge in [-0.3, -0.25) is 0 Å². The van der Waals surface area contributed by atoms with Crippen molar-refractivity contribution >= 4 is 39.3 Å². The van der Waals surface area contributed by atoms with E-state index in [4.69, 9.17) is 0 Å². The predicted molar refractivity (Wildman–Crippen MR) is 80.0 cm³/mol. The number of rotatable bonds is 3. The number of hydrogen-bond donors (Lipinski definition) is 1. The molecular formula is C13H10N4O2S2. The summed E-state index contributed by atoms with van der Waals surface area (Å²) in [6.45, 7) is 3.69. The lowest BCUT2D eigenvalue weighted by atomic mass is 10.2. The van der Waals surface area contributed by atoms with Crippen LogP contribution in [0.25, 0.3) is 10.2 Å². The van der Waals surface area contributed by atoms with Crippen molar-refractivity contribution < 1.29 is 9.90 Å². The van der Waals surface area contributed by atoms with Crippen LogP contribution in [0, 0.1) is 13.8 Å². The molecule has 0 aliphatic rings. The maximum Gasteiger partial charge on any atom is 0.346 e. The Bertz CT molecular complexity index is 830.